The van der Waals surface area contributed by atoms with Gasteiger partial charge in [0.2, 0.25) is 12.3 Å². The fourth-order valence-electron chi connectivity index (χ4n) is 4.49. The molecule has 35 heavy (non-hydrogen) atoms. The summed E-state index contributed by atoms with van der Waals surface area (Å²) in [5.41, 5.74) is 1.75. The second-order valence-corrected chi connectivity index (χ2v) is 11.3. The fourth-order valence-corrected chi connectivity index (χ4v) is 6.23. The number of hydrogen-bond donors (Lipinski definition) is 1. The molecule has 1 aromatic carbocycles. The minimum atomic E-state index is -0.147. The molecule has 0 saturated carbocycles. The normalized spacial score (nSPS) is 22.0. The van der Waals surface area contributed by atoms with Gasteiger partial charge in [-0.3, -0.25) is 4.79 Å². The first-order valence-corrected chi connectivity index (χ1v) is 13.9. The molecule has 186 valence electrons. The van der Waals surface area contributed by atoms with Crippen LogP contribution in [0.3, 0.4) is 0 Å². The van der Waals surface area contributed by atoms with Gasteiger partial charge in [0.25, 0.3) is 5.91 Å². The van der Waals surface area contributed by atoms with Crippen molar-refractivity contribution in [3.05, 3.63) is 57.4 Å². The molecule has 0 spiro atoms. The molecule has 4 rings (SSSR count). The van der Waals surface area contributed by atoms with Crippen LogP contribution in [0.15, 0.2) is 51.9 Å². The van der Waals surface area contributed by atoms with E-state index in [1.54, 1.807) is 11.7 Å². The van der Waals surface area contributed by atoms with Crippen molar-refractivity contribution in [3.63, 3.8) is 0 Å². The van der Waals surface area contributed by atoms with Gasteiger partial charge in [0, 0.05) is 12.6 Å². The van der Waals surface area contributed by atoms with Gasteiger partial charge in [0.15, 0.2) is 0 Å². The summed E-state index contributed by atoms with van der Waals surface area (Å²) in [5, 5.41) is 3.02. The van der Waals surface area contributed by atoms with Crippen LogP contribution in [0.4, 0.5) is 0 Å². The Labute approximate surface area is 220 Å². The summed E-state index contributed by atoms with van der Waals surface area (Å²) in [6, 6.07) is 5.71. The first kappa shape index (κ1) is 25.9. The molecule has 1 saturated heterocycles. The van der Waals surface area contributed by atoms with Crippen molar-refractivity contribution in [2.24, 2.45) is 5.92 Å². The molecule has 1 fully saturated rings. The van der Waals surface area contributed by atoms with Crippen molar-refractivity contribution in [2.75, 3.05) is 39.8 Å². The van der Waals surface area contributed by atoms with Gasteiger partial charge in [-0.2, -0.15) is 0 Å². The summed E-state index contributed by atoms with van der Waals surface area (Å²) < 4.78 is 7.75. The van der Waals surface area contributed by atoms with Crippen LogP contribution >= 0.6 is 27.7 Å². The number of benzene rings is 1. The molecule has 8 heteroatoms. The van der Waals surface area contributed by atoms with E-state index in [0.29, 0.717) is 11.4 Å². The van der Waals surface area contributed by atoms with Crippen LogP contribution in [0, 0.1) is 5.92 Å². The molecule has 1 unspecified atom stereocenters. The monoisotopic (exact) mass is 558 g/mol. The van der Waals surface area contributed by atoms with E-state index < -0.39 is 0 Å². The zero-order valence-corrected chi connectivity index (χ0v) is 22.7. The lowest BCUT2D eigenvalue weighted by molar-refractivity contribution is -0.434. The van der Waals surface area contributed by atoms with E-state index in [0.717, 1.165) is 53.5 Å². The van der Waals surface area contributed by atoms with E-state index in [9.17, 15) is 9.59 Å². The average Bonchev–Trinajstić information content (AvgIpc) is 2.85. The molecule has 0 bridgehead atoms. The number of nitrogens with zero attached hydrogens (tertiary/aromatic N) is 2. The van der Waals surface area contributed by atoms with Gasteiger partial charge in [-0.25, -0.2) is 4.79 Å². The Morgan fingerprint density at radius 1 is 1.31 bits per heavy atom. The molecule has 2 heterocycles. The first-order chi connectivity index (χ1) is 16.9. The van der Waals surface area contributed by atoms with E-state index in [4.69, 9.17) is 4.74 Å². The average molecular weight is 560 g/mol. The molecule has 6 nitrogen and oxygen atoms in total. The highest BCUT2D eigenvalue weighted by Crippen LogP contribution is 2.34. The number of rotatable bonds is 8. The number of amides is 2. The van der Waals surface area contributed by atoms with Crippen molar-refractivity contribution >= 4 is 51.3 Å². The highest BCUT2D eigenvalue weighted by atomic mass is 79.9. The predicted octanol–water partition coefficient (Wildman–Crippen LogP) is 4.26. The minimum Gasteiger partial charge on any atom is -0.496 e. The Kier molecular flexibility index (Phi) is 9.03. The third-order valence-electron chi connectivity index (χ3n) is 6.60. The van der Waals surface area contributed by atoms with E-state index in [1.807, 2.05) is 42.5 Å². The van der Waals surface area contributed by atoms with Gasteiger partial charge in [0.05, 0.1) is 11.6 Å². The molecular weight excluding hydrogens is 526 g/mol. The molecule has 0 radical (unpaired) electrons. The van der Waals surface area contributed by atoms with Crippen LogP contribution in [0.5, 0.6) is 5.75 Å². The quantitative estimate of drug-likeness (QED) is 0.293. The molecule has 1 atom stereocenters. The molecular formula is C27H33BrN3O3S+. The van der Waals surface area contributed by atoms with Crippen molar-refractivity contribution in [3.8, 4) is 5.75 Å². The van der Waals surface area contributed by atoms with Gasteiger partial charge in [0.1, 0.15) is 15.9 Å². The number of fused-ring (bicyclic) bond motifs is 1. The number of allylic oxidation sites excluding steroid dienone is 3. The van der Waals surface area contributed by atoms with Crippen LogP contribution < -0.4 is 10.1 Å². The van der Waals surface area contributed by atoms with E-state index >= 15 is 0 Å². The summed E-state index contributed by atoms with van der Waals surface area (Å²) in [7, 11) is 1.62. The number of carbonyl (C=O) groups excluding carboxylic acids is 2. The number of ether oxygens (including phenoxy) is 1. The second kappa shape index (κ2) is 12.2. The van der Waals surface area contributed by atoms with Crippen LogP contribution in [0.2, 0.25) is 0 Å². The predicted molar refractivity (Wildman–Crippen MR) is 146 cm³/mol. The van der Waals surface area contributed by atoms with Crippen molar-refractivity contribution < 1.29 is 18.9 Å². The SMILES string of the molecule is COc1ccc(/C=C2/SC3C=CC=CC3=[N+](CC(=O)NCCCN3CCC(C)CC3)C2=O)cc1Br. The maximum Gasteiger partial charge on any atom is 0.426 e. The largest absolute Gasteiger partial charge is 0.496 e. The second-order valence-electron chi connectivity index (χ2n) is 9.23. The number of piperidine rings is 1. The lowest BCUT2D eigenvalue weighted by atomic mass is 9.99. The van der Waals surface area contributed by atoms with E-state index in [2.05, 4.69) is 39.1 Å². The highest BCUT2D eigenvalue weighted by Gasteiger charge is 2.39. The zero-order valence-electron chi connectivity index (χ0n) is 20.3. The van der Waals surface area contributed by atoms with Gasteiger partial charge in [-0.05, 0) is 84.5 Å². The van der Waals surface area contributed by atoms with Crippen molar-refractivity contribution in [2.45, 2.75) is 31.4 Å². The smallest absolute Gasteiger partial charge is 0.426 e. The number of nitrogens with one attached hydrogen (secondary N) is 1. The maximum absolute atomic E-state index is 13.4. The van der Waals surface area contributed by atoms with Gasteiger partial charge < -0.3 is 15.0 Å². The summed E-state index contributed by atoms with van der Waals surface area (Å²) in [5.74, 6) is 1.28. The third kappa shape index (κ3) is 6.74. The molecule has 1 aliphatic carbocycles. The standard InChI is InChI=1S/C27H32BrN3O3S/c1-19-10-14-30(15-11-19)13-5-12-29-26(32)18-31-22-6-3-4-7-24(22)35-25(27(31)33)17-20-8-9-23(34-2)21(28)16-20/h3-4,6-9,16-17,19,24H,5,10-15,18H2,1-2H3/p+1/b25-17+. The van der Waals surface area contributed by atoms with Crippen LogP contribution in [0.1, 0.15) is 31.7 Å². The number of hydrogen-bond acceptors (Lipinski definition) is 5. The first-order valence-electron chi connectivity index (χ1n) is 12.2. The number of likely N-dealkylation sites (tertiary alicyclic amines) is 1. The summed E-state index contributed by atoms with van der Waals surface area (Å²) >= 11 is 5.02. The number of methoxy groups -OCH3 is 1. The van der Waals surface area contributed by atoms with Gasteiger partial charge in [-0.15, -0.1) is 4.58 Å². The molecule has 1 aromatic rings. The number of halogens is 1. The van der Waals surface area contributed by atoms with Gasteiger partial charge >= 0.3 is 5.91 Å². The Morgan fingerprint density at radius 3 is 2.86 bits per heavy atom. The van der Waals surface area contributed by atoms with Crippen molar-refractivity contribution in [1.82, 2.24) is 10.2 Å². The molecule has 3 aliphatic rings. The third-order valence-corrected chi connectivity index (χ3v) is 8.42. The Balaban J connectivity index is 1.40. The van der Waals surface area contributed by atoms with Gasteiger partial charge in [-0.1, -0.05) is 43.0 Å². The highest BCUT2D eigenvalue weighted by molar-refractivity contribution is 9.10. The van der Waals surface area contributed by atoms with Crippen molar-refractivity contribution in [1.29, 1.82) is 0 Å². The summed E-state index contributed by atoms with van der Waals surface area (Å²) in [6.45, 7) is 6.26. The number of thioether (sulfide) groups is 1. The minimum absolute atomic E-state index is 0.0000628. The van der Waals surface area contributed by atoms with Crippen LogP contribution in [-0.4, -0.2) is 72.1 Å². The Morgan fingerprint density at radius 2 is 2.11 bits per heavy atom. The molecule has 0 aromatic heterocycles. The Bertz CT molecular complexity index is 1090. The van der Waals surface area contributed by atoms with Crippen LogP contribution in [-0.2, 0) is 9.59 Å². The molecule has 2 amide bonds. The molecule has 2 aliphatic heterocycles. The van der Waals surface area contributed by atoms with E-state index in [-0.39, 0.29) is 23.6 Å². The number of carbonyl (C=O) groups is 2. The fraction of sp³-hybridized carbons (Fsp3) is 0.444. The topological polar surface area (TPSA) is 61.7 Å². The Hall–Kier alpha value is -2.16. The molecule has 1 N–H and O–H groups in total. The lowest BCUT2D eigenvalue weighted by Crippen LogP contribution is -2.44. The summed E-state index contributed by atoms with van der Waals surface area (Å²) in [4.78, 5) is 29.3. The van der Waals surface area contributed by atoms with Crippen LogP contribution in [0.25, 0.3) is 6.08 Å². The maximum atomic E-state index is 13.4. The zero-order chi connectivity index (χ0) is 24.8. The summed E-state index contributed by atoms with van der Waals surface area (Å²) in [6.07, 6.45) is 13.2. The van der Waals surface area contributed by atoms with E-state index in [1.165, 1.54) is 24.6 Å². The lowest BCUT2D eigenvalue weighted by Gasteiger charge is -2.30.